The van der Waals surface area contributed by atoms with Crippen molar-refractivity contribution in [2.75, 3.05) is 0 Å². The first-order chi connectivity index (χ1) is 11.1. The molecule has 9 heteroatoms. The van der Waals surface area contributed by atoms with Gasteiger partial charge in [0.05, 0.1) is 0 Å². The third-order valence-corrected chi connectivity index (χ3v) is 4.02. The number of halogens is 1. The molecule has 1 amide bonds. The van der Waals surface area contributed by atoms with E-state index >= 15 is 0 Å². The van der Waals surface area contributed by atoms with Gasteiger partial charge in [0.15, 0.2) is 0 Å². The van der Waals surface area contributed by atoms with Crippen molar-refractivity contribution in [2.45, 2.75) is 37.8 Å². The number of amides is 1. The van der Waals surface area contributed by atoms with E-state index in [1.165, 1.54) is 0 Å². The quantitative estimate of drug-likeness (QED) is 0.777. The summed E-state index contributed by atoms with van der Waals surface area (Å²) in [6.45, 7) is 0. The molecule has 0 spiro atoms. The highest BCUT2D eigenvalue weighted by atomic mass is 35.5. The Kier molecular flexibility index (Phi) is 4.61. The number of carbonyl (C=O) groups is 1. The van der Waals surface area contributed by atoms with Crippen LogP contribution < -0.4 is 15.7 Å². The Hall–Kier alpha value is -2.35. The van der Waals surface area contributed by atoms with E-state index in [9.17, 15) is 9.59 Å². The minimum atomic E-state index is -0.500. The summed E-state index contributed by atoms with van der Waals surface area (Å²) < 4.78 is 5.81. The summed E-state index contributed by atoms with van der Waals surface area (Å²) in [7, 11) is 0. The SMILES string of the molecule is O=C(NC1CCC(Oc2ncccc2Cl)CC1)c1n[nH]c(=O)[nH]1. The second-order valence-corrected chi connectivity index (χ2v) is 5.79. The van der Waals surface area contributed by atoms with Crippen molar-refractivity contribution in [3.05, 3.63) is 39.7 Å². The largest absolute Gasteiger partial charge is 0.473 e. The van der Waals surface area contributed by atoms with Crippen LogP contribution in [0.5, 0.6) is 5.88 Å². The number of aromatic amines is 2. The third kappa shape index (κ3) is 3.89. The Bertz CT molecular complexity index is 736. The van der Waals surface area contributed by atoms with Crippen LogP contribution in [-0.4, -0.2) is 38.2 Å². The summed E-state index contributed by atoms with van der Waals surface area (Å²) in [6.07, 6.45) is 4.79. The molecule has 1 aliphatic carbocycles. The van der Waals surface area contributed by atoms with E-state index in [0.29, 0.717) is 10.9 Å². The van der Waals surface area contributed by atoms with Gasteiger partial charge in [-0.3, -0.25) is 9.78 Å². The van der Waals surface area contributed by atoms with E-state index in [2.05, 4.69) is 25.5 Å². The van der Waals surface area contributed by atoms with Gasteiger partial charge in [-0.1, -0.05) is 11.6 Å². The second kappa shape index (κ2) is 6.82. The molecule has 8 nitrogen and oxygen atoms in total. The Balaban J connectivity index is 1.50. The molecule has 0 aliphatic heterocycles. The molecule has 0 radical (unpaired) electrons. The first-order valence-electron chi connectivity index (χ1n) is 7.34. The van der Waals surface area contributed by atoms with Crippen molar-refractivity contribution >= 4 is 17.5 Å². The molecule has 2 aromatic rings. The van der Waals surface area contributed by atoms with Crippen LogP contribution in [0.1, 0.15) is 36.3 Å². The number of ether oxygens (including phenoxy) is 1. The Morgan fingerprint density at radius 2 is 2.13 bits per heavy atom. The van der Waals surface area contributed by atoms with Gasteiger partial charge in [0.25, 0.3) is 5.91 Å². The number of carbonyl (C=O) groups excluding carboxylic acids is 1. The van der Waals surface area contributed by atoms with Crippen molar-refractivity contribution in [3.8, 4) is 5.88 Å². The fourth-order valence-electron chi connectivity index (χ4n) is 2.57. The highest BCUT2D eigenvalue weighted by Crippen LogP contribution is 2.27. The van der Waals surface area contributed by atoms with Gasteiger partial charge in [-0.15, -0.1) is 5.10 Å². The van der Waals surface area contributed by atoms with Crippen LogP contribution in [0.2, 0.25) is 5.02 Å². The Morgan fingerprint density at radius 1 is 1.35 bits per heavy atom. The molecule has 1 aliphatic rings. The van der Waals surface area contributed by atoms with Gasteiger partial charge in [-0.05, 0) is 37.8 Å². The van der Waals surface area contributed by atoms with E-state index in [4.69, 9.17) is 16.3 Å². The lowest BCUT2D eigenvalue weighted by Crippen LogP contribution is -2.40. The van der Waals surface area contributed by atoms with Crippen LogP contribution in [0.4, 0.5) is 0 Å². The number of hydrogen-bond donors (Lipinski definition) is 3. The maximum absolute atomic E-state index is 11.9. The summed E-state index contributed by atoms with van der Waals surface area (Å²) in [5.41, 5.74) is -0.500. The van der Waals surface area contributed by atoms with Gasteiger partial charge in [-0.25, -0.2) is 14.9 Å². The van der Waals surface area contributed by atoms with E-state index in [1.807, 2.05) is 0 Å². The van der Waals surface area contributed by atoms with Gasteiger partial charge in [0.1, 0.15) is 11.1 Å². The van der Waals surface area contributed by atoms with Gasteiger partial charge >= 0.3 is 5.69 Å². The zero-order chi connectivity index (χ0) is 16.2. The number of hydrogen-bond acceptors (Lipinski definition) is 5. The van der Waals surface area contributed by atoms with Crippen LogP contribution in [-0.2, 0) is 0 Å². The fraction of sp³-hybridized carbons (Fsp3) is 0.429. The van der Waals surface area contributed by atoms with Crippen LogP contribution in [0.3, 0.4) is 0 Å². The average molecular weight is 338 g/mol. The van der Waals surface area contributed by atoms with E-state index in [-0.39, 0.29) is 23.9 Å². The normalized spacial score (nSPS) is 20.9. The predicted molar refractivity (Wildman–Crippen MR) is 82.6 cm³/mol. The first-order valence-corrected chi connectivity index (χ1v) is 7.72. The molecule has 0 bridgehead atoms. The average Bonchev–Trinajstić information content (AvgIpc) is 2.98. The first kappa shape index (κ1) is 15.5. The molecule has 1 fully saturated rings. The van der Waals surface area contributed by atoms with Crippen molar-refractivity contribution < 1.29 is 9.53 Å². The zero-order valence-electron chi connectivity index (χ0n) is 12.2. The van der Waals surface area contributed by atoms with E-state index < -0.39 is 5.69 Å². The minimum Gasteiger partial charge on any atom is -0.473 e. The van der Waals surface area contributed by atoms with Crippen LogP contribution >= 0.6 is 11.6 Å². The van der Waals surface area contributed by atoms with Gasteiger partial charge in [-0.2, -0.15) is 0 Å². The molecule has 23 heavy (non-hydrogen) atoms. The van der Waals surface area contributed by atoms with Crippen molar-refractivity contribution in [2.24, 2.45) is 0 Å². The molecular formula is C14H16ClN5O3. The number of pyridine rings is 1. The molecular weight excluding hydrogens is 322 g/mol. The Morgan fingerprint density at radius 3 is 2.78 bits per heavy atom. The van der Waals surface area contributed by atoms with E-state index in [0.717, 1.165) is 25.7 Å². The van der Waals surface area contributed by atoms with Crippen LogP contribution in [0.15, 0.2) is 23.1 Å². The maximum Gasteiger partial charge on any atom is 0.341 e. The highest BCUT2D eigenvalue weighted by Gasteiger charge is 2.25. The lowest BCUT2D eigenvalue weighted by Gasteiger charge is -2.29. The molecule has 3 rings (SSSR count). The molecule has 2 aromatic heterocycles. The number of nitrogens with zero attached hydrogens (tertiary/aromatic N) is 2. The number of nitrogens with one attached hydrogen (secondary N) is 3. The van der Waals surface area contributed by atoms with Crippen molar-refractivity contribution in [1.82, 2.24) is 25.5 Å². The molecule has 122 valence electrons. The smallest absolute Gasteiger partial charge is 0.341 e. The van der Waals surface area contributed by atoms with Gasteiger partial charge < -0.3 is 10.1 Å². The molecule has 0 aromatic carbocycles. The topological polar surface area (TPSA) is 113 Å². The standard InChI is InChI=1S/C14H16ClN5O3/c15-10-2-1-7-16-13(10)23-9-5-3-8(4-6-9)17-12(21)11-18-14(22)20-19-11/h1-2,7-9H,3-6H2,(H,17,21)(H2,18,19,20,22). The monoisotopic (exact) mass is 337 g/mol. The fourth-order valence-corrected chi connectivity index (χ4v) is 2.74. The van der Waals surface area contributed by atoms with Crippen molar-refractivity contribution in [1.29, 1.82) is 0 Å². The number of aromatic nitrogens is 4. The summed E-state index contributed by atoms with van der Waals surface area (Å²) in [4.78, 5) is 29.3. The Labute approximate surface area is 136 Å². The summed E-state index contributed by atoms with van der Waals surface area (Å²) in [6, 6.07) is 3.52. The van der Waals surface area contributed by atoms with Crippen LogP contribution in [0, 0.1) is 0 Å². The van der Waals surface area contributed by atoms with Crippen molar-refractivity contribution in [3.63, 3.8) is 0 Å². The van der Waals surface area contributed by atoms with E-state index in [1.54, 1.807) is 18.3 Å². The molecule has 0 unspecified atom stereocenters. The molecule has 1 saturated carbocycles. The van der Waals surface area contributed by atoms with Gasteiger partial charge in [0.2, 0.25) is 11.7 Å². The predicted octanol–water partition coefficient (Wildman–Crippen LogP) is 1.27. The summed E-state index contributed by atoms with van der Waals surface area (Å²) in [5.74, 6) is 0.0462. The maximum atomic E-state index is 11.9. The number of rotatable bonds is 4. The molecule has 0 atom stereocenters. The second-order valence-electron chi connectivity index (χ2n) is 5.38. The van der Waals surface area contributed by atoms with Crippen LogP contribution in [0.25, 0.3) is 0 Å². The third-order valence-electron chi connectivity index (χ3n) is 3.73. The lowest BCUT2D eigenvalue weighted by atomic mass is 9.93. The molecule has 3 N–H and O–H groups in total. The summed E-state index contributed by atoms with van der Waals surface area (Å²) >= 11 is 6.03. The minimum absolute atomic E-state index is 0.00589. The zero-order valence-corrected chi connectivity index (χ0v) is 13.0. The lowest BCUT2D eigenvalue weighted by molar-refractivity contribution is 0.0880. The summed E-state index contributed by atoms with van der Waals surface area (Å²) in [5, 5.41) is 9.12. The number of H-pyrrole nitrogens is 2. The molecule has 0 saturated heterocycles. The van der Waals surface area contributed by atoms with Gasteiger partial charge in [0, 0.05) is 12.2 Å². The highest BCUT2D eigenvalue weighted by molar-refractivity contribution is 6.31. The molecule has 2 heterocycles.